The van der Waals surface area contributed by atoms with Crippen molar-refractivity contribution >= 4 is 46.6 Å². The van der Waals surface area contributed by atoms with Gasteiger partial charge in [-0.25, -0.2) is 9.10 Å². The molecule has 0 bridgehead atoms. The Labute approximate surface area is 137 Å². The summed E-state index contributed by atoms with van der Waals surface area (Å²) in [6.07, 6.45) is -1.02. The Morgan fingerprint density at radius 3 is 2.45 bits per heavy atom. The Hall–Kier alpha value is -1.80. The fraction of sp³-hybridized carbons (Fsp3) is 0.286. The molecular weight excluding hydrogens is 326 g/mol. The van der Waals surface area contributed by atoms with Crippen molar-refractivity contribution in [3.8, 4) is 0 Å². The third-order valence-corrected chi connectivity index (χ3v) is 3.69. The highest BCUT2D eigenvalue weighted by atomic mass is 33.1. The number of carbonyl (C=O) groups excluding carboxylic acids is 4. The zero-order chi connectivity index (χ0) is 16.5. The van der Waals surface area contributed by atoms with Crippen LogP contribution in [0.4, 0.5) is 4.79 Å². The molecule has 22 heavy (non-hydrogen) atoms. The SMILES string of the molecule is CC(=O)CC(=O)C(C=O)N(SS)C(=O)OCc1ccccc1. The first-order chi connectivity index (χ1) is 10.5. The number of ether oxygens (including phenoxy) is 1. The molecule has 0 aliphatic heterocycles. The number of benzene rings is 1. The van der Waals surface area contributed by atoms with Crippen LogP contribution < -0.4 is 0 Å². The van der Waals surface area contributed by atoms with Crippen molar-refractivity contribution in [2.24, 2.45) is 0 Å². The van der Waals surface area contributed by atoms with E-state index in [1.165, 1.54) is 6.92 Å². The number of Topliss-reactive ketones (excluding diaryl/α,β-unsaturated/α-hetero) is 2. The van der Waals surface area contributed by atoms with Gasteiger partial charge in [0.2, 0.25) is 0 Å². The summed E-state index contributed by atoms with van der Waals surface area (Å²) in [6.45, 7) is 1.22. The van der Waals surface area contributed by atoms with Gasteiger partial charge in [0.05, 0.1) is 6.42 Å². The molecule has 0 aliphatic rings. The van der Waals surface area contributed by atoms with Crippen molar-refractivity contribution in [2.75, 3.05) is 0 Å². The number of nitrogens with zero attached hydrogens (tertiary/aromatic N) is 1. The van der Waals surface area contributed by atoms with E-state index < -0.39 is 30.1 Å². The van der Waals surface area contributed by atoms with Crippen molar-refractivity contribution in [1.82, 2.24) is 4.31 Å². The third kappa shape index (κ3) is 5.53. The standard InChI is InChI=1S/C14H15NO5S2/c1-10(17)7-13(18)12(8-16)15(22-21)14(19)20-9-11-5-3-2-4-6-11/h2-6,8,12,21H,7,9H2,1H3. The van der Waals surface area contributed by atoms with Gasteiger partial charge in [0.15, 0.2) is 18.1 Å². The lowest BCUT2D eigenvalue weighted by Gasteiger charge is -2.22. The molecule has 6 nitrogen and oxygen atoms in total. The second-order valence-electron chi connectivity index (χ2n) is 4.37. The molecule has 1 atom stereocenters. The fourth-order valence-electron chi connectivity index (χ4n) is 1.59. The van der Waals surface area contributed by atoms with E-state index >= 15 is 0 Å². The summed E-state index contributed by atoms with van der Waals surface area (Å²) >= 11 is 3.86. The molecule has 1 unspecified atom stereocenters. The monoisotopic (exact) mass is 341 g/mol. The summed E-state index contributed by atoms with van der Waals surface area (Å²) in [5.41, 5.74) is 0.762. The minimum atomic E-state index is -1.41. The Balaban J connectivity index is 2.71. The quantitative estimate of drug-likeness (QED) is 0.257. The normalized spacial score (nSPS) is 11.4. The van der Waals surface area contributed by atoms with Crippen molar-refractivity contribution < 1.29 is 23.9 Å². The smallest absolute Gasteiger partial charge is 0.421 e. The van der Waals surface area contributed by atoms with Crippen LogP contribution in [-0.4, -0.2) is 34.3 Å². The zero-order valence-corrected chi connectivity index (χ0v) is 13.5. The summed E-state index contributed by atoms with van der Waals surface area (Å²) < 4.78 is 5.84. The first-order valence-corrected chi connectivity index (χ1v) is 8.11. The highest BCUT2D eigenvalue weighted by Crippen LogP contribution is 2.20. The van der Waals surface area contributed by atoms with E-state index in [1.807, 2.05) is 6.07 Å². The van der Waals surface area contributed by atoms with E-state index in [-0.39, 0.29) is 12.9 Å². The van der Waals surface area contributed by atoms with E-state index in [0.29, 0.717) is 11.0 Å². The van der Waals surface area contributed by atoms with E-state index in [1.54, 1.807) is 24.3 Å². The molecule has 0 saturated carbocycles. The molecule has 0 heterocycles. The fourth-order valence-corrected chi connectivity index (χ4v) is 2.49. The number of thiol groups is 1. The molecule has 0 aliphatic carbocycles. The molecule has 0 spiro atoms. The van der Waals surface area contributed by atoms with Gasteiger partial charge in [0.1, 0.15) is 12.4 Å². The molecule has 0 aromatic heterocycles. The second-order valence-corrected chi connectivity index (χ2v) is 5.42. The van der Waals surface area contributed by atoms with Gasteiger partial charge in [-0.15, -0.1) is 0 Å². The summed E-state index contributed by atoms with van der Waals surface area (Å²) in [6, 6.07) is 7.53. The lowest BCUT2D eigenvalue weighted by Crippen LogP contribution is -2.42. The molecule has 0 radical (unpaired) electrons. The van der Waals surface area contributed by atoms with Crippen LogP contribution in [0.25, 0.3) is 0 Å². The molecule has 0 fully saturated rings. The van der Waals surface area contributed by atoms with Crippen LogP contribution in [0.15, 0.2) is 30.3 Å². The lowest BCUT2D eigenvalue weighted by atomic mass is 10.1. The number of amides is 1. The number of hydrogen-bond acceptors (Lipinski definition) is 7. The molecule has 1 amide bonds. The number of ketones is 2. The average Bonchev–Trinajstić information content (AvgIpc) is 2.50. The van der Waals surface area contributed by atoms with Gasteiger partial charge in [0, 0.05) is 11.0 Å². The maximum Gasteiger partial charge on any atom is 0.421 e. The minimum Gasteiger partial charge on any atom is -0.444 e. The van der Waals surface area contributed by atoms with Crippen molar-refractivity contribution in [3.05, 3.63) is 35.9 Å². The largest absolute Gasteiger partial charge is 0.444 e. The Kier molecular flexibility index (Phi) is 7.69. The second kappa shape index (κ2) is 9.26. The van der Waals surface area contributed by atoms with E-state index in [4.69, 9.17) is 4.74 Å². The van der Waals surface area contributed by atoms with Gasteiger partial charge in [-0.2, -0.15) is 0 Å². The van der Waals surface area contributed by atoms with Crippen LogP contribution in [0, 0.1) is 0 Å². The van der Waals surface area contributed by atoms with Crippen molar-refractivity contribution in [1.29, 1.82) is 0 Å². The molecule has 118 valence electrons. The summed E-state index contributed by atoms with van der Waals surface area (Å²) in [5.74, 6) is -1.07. The number of rotatable bonds is 8. The van der Waals surface area contributed by atoms with E-state index in [9.17, 15) is 19.2 Å². The Morgan fingerprint density at radius 2 is 1.95 bits per heavy atom. The summed E-state index contributed by atoms with van der Waals surface area (Å²) in [4.78, 5) is 45.8. The van der Waals surface area contributed by atoms with E-state index in [2.05, 4.69) is 11.7 Å². The maximum atomic E-state index is 12.0. The van der Waals surface area contributed by atoms with Crippen molar-refractivity contribution in [2.45, 2.75) is 26.0 Å². The minimum absolute atomic E-state index is 0.00299. The first kappa shape index (κ1) is 18.2. The third-order valence-electron chi connectivity index (χ3n) is 2.61. The van der Waals surface area contributed by atoms with Gasteiger partial charge < -0.3 is 9.53 Å². The van der Waals surface area contributed by atoms with Gasteiger partial charge in [-0.05, 0) is 12.5 Å². The van der Waals surface area contributed by atoms with Gasteiger partial charge in [-0.3, -0.25) is 9.59 Å². The van der Waals surface area contributed by atoms with Crippen molar-refractivity contribution in [3.63, 3.8) is 0 Å². The molecule has 1 rings (SSSR count). The topological polar surface area (TPSA) is 80.8 Å². The first-order valence-electron chi connectivity index (χ1n) is 6.28. The zero-order valence-electron chi connectivity index (χ0n) is 11.8. The molecule has 1 aromatic carbocycles. The molecule has 8 heteroatoms. The summed E-state index contributed by atoms with van der Waals surface area (Å²) in [7, 11) is 0.591. The summed E-state index contributed by atoms with van der Waals surface area (Å²) in [5, 5.41) is 0. The lowest BCUT2D eigenvalue weighted by molar-refractivity contribution is -0.130. The van der Waals surface area contributed by atoms with Gasteiger partial charge in [0.25, 0.3) is 0 Å². The Morgan fingerprint density at radius 1 is 1.32 bits per heavy atom. The molecule has 1 aromatic rings. The predicted octanol–water partition coefficient (Wildman–Crippen LogP) is 2.23. The number of carbonyl (C=O) groups is 4. The average molecular weight is 341 g/mol. The molecule has 0 N–H and O–H groups in total. The number of aldehydes is 1. The van der Waals surface area contributed by atoms with Gasteiger partial charge in [-0.1, -0.05) is 42.0 Å². The highest BCUT2D eigenvalue weighted by Gasteiger charge is 2.31. The van der Waals surface area contributed by atoms with Crippen LogP contribution in [0.2, 0.25) is 0 Å². The van der Waals surface area contributed by atoms with Crippen LogP contribution in [0.3, 0.4) is 0 Å². The van der Waals surface area contributed by atoms with Crippen LogP contribution >= 0.6 is 22.6 Å². The van der Waals surface area contributed by atoms with Gasteiger partial charge >= 0.3 is 6.09 Å². The Bertz CT molecular complexity index is 549. The van der Waals surface area contributed by atoms with Crippen LogP contribution in [0.1, 0.15) is 18.9 Å². The highest BCUT2D eigenvalue weighted by molar-refractivity contribution is 8.67. The number of hydrogen-bond donors (Lipinski definition) is 1. The van der Waals surface area contributed by atoms with E-state index in [0.717, 1.165) is 9.87 Å². The van der Waals surface area contributed by atoms with Crippen LogP contribution in [0.5, 0.6) is 0 Å². The molecule has 0 saturated heterocycles. The van der Waals surface area contributed by atoms with Crippen LogP contribution in [-0.2, 0) is 25.7 Å². The molecular formula is C14H15NO5S2. The predicted molar refractivity (Wildman–Crippen MR) is 85.2 cm³/mol. The maximum absolute atomic E-state index is 12.0.